The number of aromatic nitrogens is 5. The van der Waals surface area contributed by atoms with Crippen molar-refractivity contribution in [2.75, 3.05) is 5.32 Å². The minimum absolute atomic E-state index is 0.465. The highest BCUT2D eigenvalue weighted by Gasteiger charge is 2.18. The molecule has 4 rings (SSSR count). The molecule has 2 heterocycles. The second kappa shape index (κ2) is 5.71. The third-order valence-corrected chi connectivity index (χ3v) is 4.16. The molecule has 22 heavy (non-hydrogen) atoms. The van der Waals surface area contributed by atoms with Gasteiger partial charge in [0, 0.05) is 11.6 Å². The van der Waals surface area contributed by atoms with Crippen molar-refractivity contribution in [1.29, 1.82) is 0 Å². The van der Waals surface area contributed by atoms with Gasteiger partial charge in [0.25, 0.3) is 0 Å². The number of benzene rings is 1. The van der Waals surface area contributed by atoms with Crippen LogP contribution in [-0.2, 0) is 0 Å². The second-order valence-electron chi connectivity index (χ2n) is 5.74. The molecule has 1 fully saturated rings. The molecule has 1 aliphatic rings. The van der Waals surface area contributed by atoms with Gasteiger partial charge in [-0.05, 0) is 12.8 Å². The van der Waals surface area contributed by atoms with Crippen molar-refractivity contribution in [3.63, 3.8) is 0 Å². The smallest absolute Gasteiger partial charge is 0.207 e. The third kappa shape index (κ3) is 2.52. The first kappa shape index (κ1) is 13.2. The maximum atomic E-state index is 4.69. The first-order valence-electron chi connectivity index (χ1n) is 7.80. The molecule has 0 bridgehead atoms. The molecule has 0 atom stereocenters. The average molecular weight is 294 g/mol. The lowest BCUT2D eigenvalue weighted by molar-refractivity contribution is 0.462. The van der Waals surface area contributed by atoms with E-state index in [9.17, 15) is 0 Å². The molecule has 0 spiro atoms. The van der Waals surface area contributed by atoms with E-state index in [1.165, 1.54) is 32.1 Å². The quantitative estimate of drug-likeness (QED) is 0.775. The van der Waals surface area contributed by atoms with E-state index in [1.807, 2.05) is 30.3 Å². The molecular weight excluding hydrogens is 276 g/mol. The van der Waals surface area contributed by atoms with Crippen LogP contribution in [-0.4, -0.2) is 31.4 Å². The molecule has 0 radical (unpaired) electrons. The molecule has 1 saturated carbocycles. The van der Waals surface area contributed by atoms with E-state index in [0.717, 1.165) is 11.4 Å². The van der Waals surface area contributed by atoms with E-state index in [4.69, 9.17) is 4.98 Å². The summed E-state index contributed by atoms with van der Waals surface area (Å²) < 4.78 is 0. The van der Waals surface area contributed by atoms with Crippen molar-refractivity contribution in [2.24, 2.45) is 0 Å². The molecule has 0 aliphatic heterocycles. The van der Waals surface area contributed by atoms with Crippen molar-refractivity contribution in [2.45, 2.75) is 38.1 Å². The summed E-state index contributed by atoms with van der Waals surface area (Å²) in [5.41, 5.74) is 2.30. The zero-order chi connectivity index (χ0) is 14.8. The Morgan fingerprint density at radius 3 is 2.59 bits per heavy atom. The van der Waals surface area contributed by atoms with Crippen LogP contribution in [0.2, 0.25) is 0 Å². The summed E-state index contributed by atoms with van der Waals surface area (Å²) in [4.78, 5) is 9.20. The summed E-state index contributed by atoms with van der Waals surface area (Å²) in [6, 6.07) is 10.4. The summed E-state index contributed by atoms with van der Waals surface area (Å²) in [5.74, 6) is 1.46. The van der Waals surface area contributed by atoms with Crippen molar-refractivity contribution in [1.82, 2.24) is 25.4 Å². The van der Waals surface area contributed by atoms with E-state index < -0.39 is 0 Å². The summed E-state index contributed by atoms with van der Waals surface area (Å²) in [5, 5.41) is 14.5. The van der Waals surface area contributed by atoms with Crippen LogP contribution in [0.25, 0.3) is 22.6 Å². The van der Waals surface area contributed by atoms with E-state index in [0.29, 0.717) is 23.0 Å². The van der Waals surface area contributed by atoms with Crippen LogP contribution in [0.3, 0.4) is 0 Å². The largest absolute Gasteiger partial charge is 0.365 e. The standard InChI is InChI=1S/C16H18N6/c1-3-7-11(8-4-1)14-18-15(13-16(19-14)21-22-20-13)17-12-9-5-2-6-10-12/h1,3-4,7-8,12H,2,5-6,9-10H2,(H2,17,18,19,20,21,22). The molecule has 6 nitrogen and oxygen atoms in total. The van der Waals surface area contributed by atoms with Gasteiger partial charge in [0.1, 0.15) is 0 Å². The summed E-state index contributed by atoms with van der Waals surface area (Å²) in [6.07, 6.45) is 6.25. The van der Waals surface area contributed by atoms with Gasteiger partial charge in [-0.3, -0.25) is 0 Å². The topological polar surface area (TPSA) is 79.4 Å². The van der Waals surface area contributed by atoms with Gasteiger partial charge >= 0.3 is 0 Å². The summed E-state index contributed by atoms with van der Waals surface area (Å²) in [7, 11) is 0. The molecular formula is C16H18N6. The lowest BCUT2D eigenvalue weighted by Gasteiger charge is -2.23. The van der Waals surface area contributed by atoms with Gasteiger partial charge in [-0.2, -0.15) is 10.3 Å². The van der Waals surface area contributed by atoms with E-state index in [1.54, 1.807) is 0 Å². The Balaban J connectivity index is 1.74. The fourth-order valence-corrected chi connectivity index (χ4v) is 3.00. The monoisotopic (exact) mass is 294 g/mol. The Morgan fingerprint density at radius 1 is 0.955 bits per heavy atom. The van der Waals surface area contributed by atoms with Crippen molar-refractivity contribution in [3.8, 4) is 11.4 Å². The van der Waals surface area contributed by atoms with Crippen LogP contribution in [0.4, 0.5) is 5.82 Å². The first-order valence-corrected chi connectivity index (χ1v) is 7.80. The minimum Gasteiger partial charge on any atom is -0.365 e. The fourth-order valence-electron chi connectivity index (χ4n) is 3.00. The molecule has 1 aromatic carbocycles. The number of rotatable bonds is 3. The Bertz CT molecular complexity index is 761. The van der Waals surface area contributed by atoms with Gasteiger partial charge in [0.2, 0.25) is 5.65 Å². The summed E-state index contributed by atoms with van der Waals surface area (Å²) >= 11 is 0. The Hall–Kier alpha value is -2.50. The maximum absolute atomic E-state index is 4.69. The number of nitrogens with one attached hydrogen (secondary N) is 2. The lowest BCUT2D eigenvalue weighted by Crippen LogP contribution is -2.23. The van der Waals surface area contributed by atoms with Crippen LogP contribution in [0.1, 0.15) is 32.1 Å². The Kier molecular flexibility index (Phi) is 3.42. The number of hydrogen-bond donors (Lipinski definition) is 2. The van der Waals surface area contributed by atoms with Crippen LogP contribution < -0.4 is 5.32 Å². The van der Waals surface area contributed by atoms with E-state index in [2.05, 4.69) is 25.7 Å². The lowest BCUT2D eigenvalue weighted by atomic mass is 9.95. The highest BCUT2D eigenvalue weighted by Crippen LogP contribution is 2.26. The highest BCUT2D eigenvalue weighted by molar-refractivity contribution is 5.84. The second-order valence-corrected chi connectivity index (χ2v) is 5.74. The van der Waals surface area contributed by atoms with Gasteiger partial charge in [-0.15, -0.1) is 5.10 Å². The molecule has 0 saturated heterocycles. The van der Waals surface area contributed by atoms with Gasteiger partial charge < -0.3 is 5.32 Å². The van der Waals surface area contributed by atoms with Crippen molar-refractivity contribution < 1.29 is 0 Å². The van der Waals surface area contributed by atoms with E-state index >= 15 is 0 Å². The molecule has 0 amide bonds. The van der Waals surface area contributed by atoms with Gasteiger partial charge in [-0.25, -0.2) is 9.97 Å². The Morgan fingerprint density at radius 2 is 1.77 bits per heavy atom. The molecule has 6 heteroatoms. The molecule has 1 aliphatic carbocycles. The molecule has 2 aromatic heterocycles. The number of aromatic amines is 1. The predicted molar refractivity (Wildman–Crippen MR) is 85.4 cm³/mol. The SMILES string of the molecule is c1ccc(-c2nc(NC3CCCCC3)c3n[nH]nc3n2)cc1. The molecule has 0 unspecified atom stereocenters. The number of H-pyrrole nitrogens is 1. The molecule has 3 aromatic rings. The number of fused-ring (bicyclic) bond motifs is 1. The van der Waals surface area contributed by atoms with Crippen molar-refractivity contribution in [3.05, 3.63) is 30.3 Å². The number of anilines is 1. The minimum atomic E-state index is 0.465. The number of nitrogens with zero attached hydrogens (tertiary/aromatic N) is 4. The zero-order valence-electron chi connectivity index (χ0n) is 12.3. The fraction of sp³-hybridized carbons (Fsp3) is 0.375. The molecule has 112 valence electrons. The zero-order valence-corrected chi connectivity index (χ0v) is 12.3. The van der Waals surface area contributed by atoms with Crippen LogP contribution in [0.15, 0.2) is 30.3 Å². The number of hydrogen-bond acceptors (Lipinski definition) is 5. The summed E-state index contributed by atoms with van der Waals surface area (Å²) in [6.45, 7) is 0. The highest BCUT2D eigenvalue weighted by atomic mass is 15.4. The van der Waals surface area contributed by atoms with Crippen molar-refractivity contribution >= 4 is 17.0 Å². The Labute approximate surface area is 128 Å². The predicted octanol–water partition coefficient (Wildman–Crippen LogP) is 3.16. The average Bonchev–Trinajstić information content (AvgIpc) is 3.05. The van der Waals surface area contributed by atoms with Crippen LogP contribution in [0, 0.1) is 0 Å². The third-order valence-electron chi connectivity index (χ3n) is 4.16. The van der Waals surface area contributed by atoms with E-state index in [-0.39, 0.29) is 0 Å². The van der Waals surface area contributed by atoms with Gasteiger partial charge in [-0.1, -0.05) is 49.6 Å². The van der Waals surface area contributed by atoms with Gasteiger partial charge in [0.15, 0.2) is 17.2 Å². The maximum Gasteiger partial charge on any atom is 0.207 e. The normalized spacial score (nSPS) is 16.0. The molecule has 2 N–H and O–H groups in total. The van der Waals surface area contributed by atoms with Crippen LogP contribution in [0.5, 0.6) is 0 Å². The first-order chi connectivity index (χ1) is 10.9. The van der Waals surface area contributed by atoms with Gasteiger partial charge in [0.05, 0.1) is 0 Å². The van der Waals surface area contributed by atoms with Crippen LogP contribution >= 0.6 is 0 Å².